The van der Waals surface area contributed by atoms with Crippen molar-refractivity contribution < 1.29 is 4.79 Å². The number of carbonyl (C=O) groups excluding carboxylic acids is 1. The van der Waals surface area contributed by atoms with Gasteiger partial charge in [0.2, 0.25) is 0 Å². The van der Waals surface area contributed by atoms with E-state index in [4.69, 9.17) is 5.73 Å². The highest BCUT2D eigenvalue weighted by atomic mass is 16.1. The third-order valence-corrected chi connectivity index (χ3v) is 2.93. The van der Waals surface area contributed by atoms with E-state index < -0.39 is 0 Å². The summed E-state index contributed by atoms with van der Waals surface area (Å²) in [5.41, 5.74) is 8.20. The van der Waals surface area contributed by atoms with Crippen LogP contribution in [0.1, 0.15) is 54.9 Å². The number of rotatable bonds is 6. The van der Waals surface area contributed by atoms with E-state index in [1.165, 1.54) is 12.8 Å². The number of nitrogens with two attached hydrogens (primary N) is 1. The maximum absolute atomic E-state index is 11.9. The van der Waals surface area contributed by atoms with Crippen LogP contribution in [-0.2, 0) is 0 Å². The van der Waals surface area contributed by atoms with Crippen LogP contribution in [0.2, 0.25) is 0 Å². The quantitative estimate of drug-likeness (QED) is 0.450. The van der Waals surface area contributed by atoms with Gasteiger partial charge in [-0.25, -0.2) is 0 Å². The van der Waals surface area contributed by atoms with Crippen LogP contribution in [0.4, 0.5) is 5.69 Å². The van der Waals surface area contributed by atoms with Crippen molar-refractivity contribution in [3.8, 4) is 0 Å². The molecule has 2 N–H and O–H groups in total. The standard InChI is InChI=1S/C14H21NO/c1-3-4-5-6-10-14(16)12-8-7-9-13(15)11(12)2/h7-9H,3-6,10,15H2,1-2H3. The van der Waals surface area contributed by atoms with Gasteiger partial charge in [-0.15, -0.1) is 0 Å². The molecule has 0 aromatic heterocycles. The van der Waals surface area contributed by atoms with Crippen LogP contribution in [0.3, 0.4) is 0 Å². The van der Waals surface area contributed by atoms with Gasteiger partial charge < -0.3 is 5.73 Å². The van der Waals surface area contributed by atoms with Crippen molar-refractivity contribution >= 4 is 11.5 Å². The van der Waals surface area contributed by atoms with Crippen molar-refractivity contribution in [2.75, 3.05) is 5.73 Å². The highest BCUT2D eigenvalue weighted by Crippen LogP contribution is 2.18. The zero-order chi connectivity index (χ0) is 12.0. The van der Waals surface area contributed by atoms with Crippen molar-refractivity contribution in [2.45, 2.75) is 46.0 Å². The fourth-order valence-corrected chi connectivity index (χ4v) is 1.80. The van der Waals surface area contributed by atoms with Gasteiger partial charge in [-0.05, 0) is 25.0 Å². The Morgan fingerprint density at radius 1 is 1.25 bits per heavy atom. The molecule has 1 aromatic rings. The van der Waals surface area contributed by atoms with Gasteiger partial charge in [0.15, 0.2) is 5.78 Å². The topological polar surface area (TPSA) is 43.1 Å². The molecule has 88 valence electrons. The van der Waals surface area contributed by atoms with E-state index in [9.17, 15) is 4.79 Å². The molecule has 2 heteroatoms. The van der Waals surface area contributed by atoms with Gasteiger partial charge in [0.1, 0.15) is 0 Å². The summed E-state index contributed by atoms with van der Waals surface area (Å²) in [6.07, 6.45) is 5.18. The summed E-state index contributed by atoms with van der Waals surface area (Å²) in [5.74, 6) is 0.223. The summed E-state index contributed by atoms with van der Waals surface area (Å²) in [6.45, 7) is 4.08. The number of ketones is 1. The summed E-state index contributed by atoms with van der Waals surface area (Å²) < 4.78 is 0. The van der Waals surface area contributed by atoms with Gasteiger partial charge in [0.25, 0.3) is 0 Å². The normalized spacial score (nSPS) is 10.4. The van der Waals surface area contributed by atoms with Crippen LogP contribution in [0.15, 0.2) is 18.2 Å². The summed E-state index contributed by atoms with van der Waals surface area (Å²) in [4.78, 5) is 11.9. The van der Waals surface area contributed by atoms with Crippen LogP contribution in [0, 0.1) is 6.92 Å². The number of benzene rings is 1. The lowest BCUT2D eigenvalue weighted by Gasteiger charge is -2.07. The molecule has 1 aromatic carbocycles. The lowest BCUT2D eigenvalue weighted by Crippen LogP contribution is -2.03. The van der Waals surface area contributed by atoms with Crippen molar-refractivity contribution in [2.24, 2.45) is 0 Å². The first-order chi connectivity index (χ1) is 7.66. The molecule has 0 heterocycles. The second kappa shape index (κ2) is 6.31. The third kappa shape index (κ3) is 3.37. The predicted molar refractivity (Wildman–Crippen MR) is 68.7 cm³/mol. The van der Waals surface area contributed by atoms with Crippen LogP contribution < -0.4 is 5.73 Å². The molecule has 0 atom stereocenters. The second-order valence-electron chi connectivity index (χ2n) is 4.25. The fourth-order valence-electron chi connectivity index (χ4n) is 1.80. The van der Waals surface area contributed by atoms with Crippen LogP contribution in [-0.4, -0.2) is 5.78 Å². The zero-order valence-electron chi connectivity index (χ0n) is 10.3. The number of nitrogen functional groups attached to an aromatic ring is 1. The number of unbranched alkanes of at least 4 members (excludes halogenated alkanes) is 3. The lowest BCUT2D eigenvalue weighted by atomic mass is 9.99. The average molecular weight is 219 g/mol. The Kier molecular flexibility index (Phi) is 5.03. The minimum absolute atomic E-state index is 0.223. The summed E-state index contributed by atoms with van der Waals surface area (Å²) in [5, 5.41) is 0. The van der Waals surface area contributed by atoms with Gasteiger partial charge in [0.05, 0.1) is 0 Å². The third-order valence-electron chi connectivity index (χ3n) is 2.93. The Morgan fingerprint density at radius 2 is 2.00 bits per heavy atom. The number of hydrogen-bond acceptors (Lipinski definition) is 2. The monoisotopic (exact) mass is 219 g/mol. The van der Waals surface area contributed by atoms with Crippen LogP contribution in [0.5, 0.6) is 0 Å². The Hall–Kier alpha value is -1.31. The van der Waals surface area contributed by atoms with Crippen molar-refractivity contribution in [3.05, 3.63) is 29.3 Å². The first-order valence-electron chi connectivity index (χ1n) is 6.05. The molecule has 0 fully saturated rings. The van der Waals surface area contributed by atoms with E-state index in [1.54, 1.807) is 0 Å². The molecule has 0 aliphatic carbocycles. The molecule has 0 aliphatic heterocycles. The Labute approximate surface area is 97.9 Å². The summed E-state index contributed by atoms with van der Waals surface area (Å²) in [6, 6.07) is 5.55. The minimum Gasteiger partial charge on any atom is -0.398 e. The second-order valence-corrected chi connectivity index (χ2v) is 4.25. The van der Waals surface area contributed by atoms with Gasteiger partial charge in [-0.3, -0.25) is 4.79 Å². The number of Topliss-reactive ketones (excluding diaryl/α,β-unsaturated/α-hetero) is 1. The van der Waals surface area contributed by atoms with E-state index in [0.717, 1.165) is 24.0 Å². The van der Waals surface area contributed by atoms with E-state index in [1.807, 2.05) is 25.1 Å². The molecule has 2 nitrogen and oxygen atoms in total. The first kappa shape index (κ1) is 12.8. The molecule has 16 heavy (non-hydrogen) atoms. The van der Waals surface area contributed by atoms with Crippen LogP contribution >= 0.6 is 0 Å². The van der Waals surface area contributed by atoms with Crippen molar-refractivity contribution in [3.63, 3.8) is 0 Å². The summed E-state index contributed by atoms with van der Waals surface area (Å²) >= 11 is 0. The molecular weight excluding hydrogens is 198 g/mol. The number of anilines is 1. The van der Waals surface area contributed by atoms with Crippen molar-refractivity contribution in [1.82, 2.24) is 0 Å². The Bertz CT molecular complexity index is 358. The lowest BCUT2D eigenvalue weighted by molar-refractivity contribution is 0.0978. The molecule has 0 spiro atoms. The minimum atomic E-state index is 0.223. The van der Waals surface area contributed by atoms with Gasteiger partial charge >= 0.3 is 0 Å². The molecule has 0 radical (unpaired) electrons. The molecule has 0 amide bonds. The highest BCUT2D eigenvalue weighted by Gasteiger charge is 2.09. The van der Waals surface area contributed by atoms with Crippen LogP contribution in [0.25, 0.3) is 0 Å². The van der Waals surface area contributed by atoms with Gasteiger partial charge in [0, 0.05) is 17.7 Å². The Morgan fingerprint density at radius 3 is 2.69 bits per heavy atom. The van der Waals surface area contributed by atoms with E-state index in [-0.39, 0.29) is 5.78 Å². The fraction of sp³-hybridized carbons (Fsp3) is 0.500. The molecule has 0 saturated carbocycles. The highest BCUT2D eigenvalue weighted by molar-refractivity contribution is 5.98. The maximum Gasteiger partial charge on any atom is 0.163 e. The SMILES string of the molecule is CCCCCCC(=O)c1cccc(N)c1C. The van der Waals surface area contributed by atoms with E-state index >= 15 is 0 Å². The smallest absolute Gasteiger partial charge is 0.163 e. The zero-order valence-corrected chi connectivity index (χ0v) is 10.3. The number of hydrogen-bond donors (Lipinski definition) is 1. The largest absolute Gasteiger partial charge is 0.398 e. The molecule has 1 rings (SSSR count). The summed E-state index contributed by atoms with van der Waals surface area (Å²) in [7, 11) is 0. The molecule has 0 unspecified atom stereocenters. The Balaban J connectivity index is 2.56. The predicted octanol–water partition coefficient (Wildman–Crippen LogP) is 3.73. The maximum atomic E-state index is 11.9. The van der Waals surface area contributed by atoms with E-state index in [2.05, 4.69) is 6.92 Å². The van der Waals surface area contributed by atoms with Gasteiger partial charge in [-0.1, -0.05) is 38.3 Å². The molecule has 0 saturated heterocycles. The average Bonchev–Trinajstić information content (AvgIpc) is 2.28. The molecular formula is C14H21NO. The first-order valence-corrected chi connectivity index (χ1v) is 6.05. The molecule has 0 bridgehead atoms. The van der Waals surface area contributed by atoms with Crippen molar-refractivity contribution in [1.29, 1.82) is 0 Å². The van der Waals surface area contributed by atoms with Gasteiger partial charge in [-0.2, -0.15) is 0 Å². The molecule has 0 aliphatic rings. The number of carbonyl (C=O) groups is 1. The van der Waals surface area contributed by atoms with E-state index in [0.29, 0.717) is 12.1 Å².